The lowest BCUT2D eigenvalue weighted by atomic mass is 10.0. The van der Waals surface area contributed by atoms with Crippen molar-refractivity contribution in [2.45, 2.75) is 122 Å². The zero-order valence-electron chi connectivity index (χ0n) is 23.4. The standard InChI is InChI=1S/C27H48N2O5Si/c1-10-12-16-30-21-15-14-19(25(29-21)31-17-13-11-2)22-24-23(33-27(6,7)34-24)20(28-22)18-32-35(8,9)26(3,4)5/h14-15,20,22-24,28H,10-13,16-18H2,1-9H3/t20-,22+,23-,24+/m1/s1. The van der Waals surface area contributed by atoms with Gasteiger partial charge < -0.3 is 28.7 Å². The SMILES string of the molecule is CCCCOc1ccc([C@@H]2N[C@H](CO[Si](C)(C)C(C)(C)C)[C@H]3OC(C)(C)O[C@H]32)c(OCCCC)n1. The molecule has 2 aliphatic heterocycles. The number of aromatic nitrogens is 1. The topological polar surface area (TPSA) is 71.1 Å². The third-order valence-electron chi connectivity index (χ3n) is 7.40. The quantitative estimate of drug-likeness (QED) is 0.274. The van der Waals surface area contributed by atoms with Crippen LogP contribution in [0.25, 0.3) is 0 Å². The number of hydrogen-bond donors (Lipinski definition) is 1. The predicted octanol–water partition coefficient (Wildman–Crippen LogP) is 5.99. The van der Waals surface area contributed by atoms with Gasteiger partial charge in [-0.2, -0.15) is 4.98 Å². The Morgan fingerprint density at radius 1 is 1.00 bits per heavy atom. The van der Waals surface area contributed by atoms with E-state index in [1.165, 1.54) is 0 Å². The highest BCUT2D eigenvalue weighted by atomic mass is 28.4. The minimum atomic E-state index is -1.90. The zero-order chi connectivity index (χ0) is 25.9. The maximum absolute atomic E-state index is 6.60. The molecule has 35 heavy (non-hydrogen) atoms. The van der Waals surface area contributed by atoms with Gasteiger partial charge in [0.2, 0.25) is 11.8 Å². The van der Waals surface area contributed by atoms with Crippen LogP contribution in [0.4, 0.5) is 0 Å². The molecule has 1 N–H and O–H groups in total. The molecule has 7 nitrogen and oxygen atoms in total. The molecule has 2 aliphatic rings. The molecule has 0 radical (unpaired) electrons. The van der Waals surface area contributed by atoms with Crippen molar-refractivity contribution >= 4 is 8.32 Å². The molecule has 0 amide bonds. The number of unbranched alkanes of at least 4 members (excludes halogenated alkanes) is 2. The molecule has 2 saturated heterocycles. The maximum atomic E-state index is 6.60. The number of rotatable bonds is 12. The normalized spacial score (nSPS) is 26.1. The van der Waals surface area contributed by atoms with E-state index in [1.807, 2.05) is 19.9 Å². The molecule has 200 valence electrons. The van der Waals surface area contributed by atoms with Crippen molar-refractivity contribution in [1.82, 2.24) is 10.3 Å². The van der Waals surface area contributed by atoms with Gasteiger partial charge in [-0.1, -0.05) is 47.5 Å². The minimum absolute atomic E-state index is 0.0184. The van der Waals surface area contributed by atoms with Gasteiger partial charge in [0, 0.05) is 11.6 Å². The first-order valence-corrected chi connectivity index (χ1v) is 16.3. The monoisotopic (exact) mass is 508 g/mol. The van der Waals surface area contributed by atoms with Crippen molar-refractivity contribution in [3.8, 4) is 11.8 Å². The van der Waals surface area contributed by atoms with Crippen molar-refractivity contribution in [2.75, 3.05) is 19.8 Å². The van der Waals surface area contributed by atoms with Gasteiger partial charge in [-0.3, -0.25) is 0 Å². The van der Waals surface area contributed by atoms with Crippen molar-refractivity contribution < 1.29 is 23.4 Å². The highest BCUT2D eigenvalue weighted by Gasteiger charge is 2.55. The minimum Gasteiger partial charge on any atom is -0.478 e. The van der Waals surface area contributed by atoms with E-state index >= 15 is 0 Å². The molecule has 4 atom stereocenters. The summed E-state index contributed by atoms with van der Waals surface area (Å²) in [5, 5.41) is 3.91. The summed E-state index contributed by atoms with van der Waals surface area (Å²) >= 11 is 0. The van der Waals surface area contributed by atoms with Crippen molar-refractivity contribution in [3.05, 3.63) is 17.7 Å². The molecular formula is C27H48N2O5Si. The van der Waals surface area contributed by atoms with Gasteiger partial charge in [0.1, 0.15) is 12.2 Å². The highest BCUT2D eigenvalue weighted by molar-refractivity contribution is 6.74. The van der Waals surface area contributed by atoms with Gasteiger partial charge in [0.15, 0.2) is 14.1 Å². The predicted molar refractivity (Wildman–Crippen MR) is 142 cm³/mol. The Hall–Kier alpha value is -1.19. The molecule has 0 spiro atoms. The molecule has 0 bridgehead atoms. The van der Waals surface area contributed by atoms with E-state index in [4.69, 9.17) is 28.4 Å². The first-order chi connectivity index (χ1) is 16.4. The molecular weight excluding hydrogens is 460 g/mol. The lowest BCUT2D eigenvalue weighted by Gasteiger charge is -2.37. The Morgan fingerprint density at radius 2 is 1.63 bits per heavy atom. The fourth-order valence-electron chi connectivity index (χ4n) is 4.23. The number of pyridine rings is 1. The van der Waals surface area contributed by atoms with Crippen molar-refractivity contribution in [1.29, 1.82) is 0 Å². The van der Waals surface area contributed by atoms with Gasteiger partial charge in [-0.05, 0) is 50.9 Å². The van der Waals surface area contributed by atoms with E-state index in [2.05, 4.69) is 59.1 Å². The van der Waals surface area contributed by atoms with Crippen LogP contribution in [0.15, 0.2) is 12.1 Å². The third kappa shape index (κ3) is 6.98. The Balaban J connectivity index is 1.84. The summed E-state index contributed by atoms with van der Waals surface area (Å²) in [7, 11) is -1.90. The third-order valence-corrected chi connectivity index (χ3v) is 11.9. The number of nitrogens with zero attached hydrogens (tertiary/aromatic N) is 1. The van der Waals surface area contributed by atoms with E-state index < -0.39 is 14.1 Å². The maximum Gasteiger partial charge on any atom is 0.221 e. The summed E-state index contributed by atoms with van der Waals surface area (Å²) in [5.41, 5.74) is 0.982. The van der Waals surface area contributed by atoms with E-state index in [1.54, 1.807) is 0 Å². The molecule has 0 aromatic carbocycles. The van der Waals surface area contributed by atoms with Gasteiger partial charge >= 0.3 is 0 Å². The lowest BCUT2D eigenvalue weighted by molar-refractivity contribution is -0.157. The van der Waals surface area contributed by atoms with E-state index in [-0.39, 0.29) is 29.3 Å². The summed E-state index contributed by atoms with van der Waals surface area (Å²) in [5.74, 6) is 0.568. The fourth-order valence-corrected chi connectivity index (χ4v) is 5.26. The largest absolute Gasteiger partial charge is 0.478 e. The second-order valence-electron chi connectivity index (χ2n) is 11.8. The molecule has 0 unspecified atom stereocenters. The van der Waals surface area contributed by atoms with Crippen LogP contribution in [0.3, 0.4) is 0 Å². The molecule has 0 saturated carbocycles. The summed E-state index contributed by atoms with van der Waals surface area (Å²) in [6, 6.07) is 3.92. The molecule has 1 aromatic rings. The Morgan fingerprint density at radius 3 is 2.26 bits per heavy atom. The molecule has 3 heterocycles. The Bertz CT molecular complexity index is 826. The van der Waals surface area contributed by atoms with Crippen LogP contribution < -0.4 is 14.8 Å². The average Bonchev–Trinajstić information content (AvgIpc) is 3.25. The second kappa shape index (κ2) is 11.5. The Labute approximate surface area is 213 Å². The van der Waals surface area contributed by atoms with E-state index in [9.17, 15) is 0 Å². The van der Waals surface area contributed by atoms with E-state index in [0.717, 1.165) is 31.2 Å². The molecule has 3 rings (SSSR count). The smallest absolute Gasteiger partial charge is 0.221 e. The van der Waals surface area contributed by atoms with Crippen LogP contribution in [0, 0.1) is 0 Å². The van der Waals surface area contributed by atoms with E-state index in [0.29, 0.717) is 31.6 Å². The Kier molecular flexibility index (Phi) is 9.30. The van der Waals surface area contributed by atoms with Gasteiger partial charge in [0.25, 0.3) is 0 Å². The van der Waals surface area contributed by atoms with Crippen LogP contribution in [0.2, 0.25) is 18.1 Å². The molecule has 2 fully saturated rings. The van der Waals surface area contributed by atoms with Gasteiger partial charge in [0.05, 0.1) is 31.9 Å². The number of hydrogen-bond acceptors (Lipinski definition) is 7. The van der Waals surface area contributed by atoms with Crippen molar-refractivity contribution in [2.24, 2.45) is 0 Å². The number of fused-ring (bicyclic) bond motifs is 1. The van der Waals surface area contributed by atoms with Crippen LogP contribution in [0.5, 0.6) is 11.8 Å². The van der Waals surface area contributed by atoms with Gasteiger partial charge in [-0.25, -0.2) is 0 Å². The summed E-state index contributed by atoms with van der Waals surface area (Å²) in [4.78, 5) is 4.75. The van der Waals surface area contributed by atoms with Gasteiger partial charge in [-0.15, -0.1) is 0 Å². The first-order valence-electron chi connectivity index (χ1n) is 13.4. The first kappa shape index (κ1) is 28.4. The molecule has 8 heteroatoms. The highest BCUT2D eigenvalue weighted by Crippen LogP contribution is 2.44. The zero-order valence-corrected chi connectivity index (χ0v) is 24.4. The average molecular weight is 509 g/mol. The summed E-state index contributed by atoms with van der Waals surface area (Å²) in [6.45, 7) is 21.5. The second-order valence-corrected chi connectivity index (χ2v) is 16.6. The van der Waals surface area contributed by atoms with Crippen LogP contribution in [-0.2, 0) is 13.9 Å². The molecule has 1 aromatic heterocycles. The van der Waals surface area contributed by atoms with Crippen LogP contribution in [0.1, 0.15) is 85.8 Å². The van der Waals surface area contributed by atoms with Crippen LogP contribution >= 0.6 is 0 Å². The van der Waals surface area contributed by atoms with Crippen LogP contribution in [-0.4, -0.2) is 57.2 Å². The van der Waals surface area contributed by atoms with Crippen molar-refractivity contribution in [3.63, 3.8) is 0 Å². The number of nitrogens with one attached hydrogen (secondary N) is 1. The fraction of sp³-hybridized carbons (Fsp3) is 0.815. The summed E-state index contributed by atoms with van der Waals surface area (Å²) in [6.07, 6.45) is 3.86. The summed E-state index contributed by atoms with van der Waals surface area (Å²) < 4.78 is 31.4. The number of ether oxygens (including phenoxy) is 4. The molecule has 0 aliphatic carbocycles. The lowest BCUT2D eigenvalue weighted by Crippen LogP contribution is -2.47.